The standard InChI is InChI=1S/C15H24FN3O/c1-11(20)12-4-7-19(8-5-12)9-6-14(17)15-3-2-13(16)10-18-15/h2-3,10-12,14,20H,4-9,17H2,1H3. The first-order chi connectivity index (χ1) is 9.56. The van der Waals surface area contributed by atoms with Crippen LogP contribution in [0.3, 0.4) is 0 Å². The summed E-state index contributed by atoms with van der Waals surface area (Å²) in [6.07, 6.45) is 3.91. The summed E-state index contributed by atoms with van der Waals surface area (Å²) in [6, 6.07) is 2.90. The average Bonchev–Trinajstić information content (AvgIpc) is 2.46. The Morgan fingerprint density at radius 3 is 2.70 bits per heavy atom. The number of aliphatic hydroxyl groups excluding tert-OH is 1. The van der Waals surface area contributed by atoms with E-state index in [2.05, 4.69) is 9.88 Å². The van der Waals surface area contributed by atoms with Crippen molar-refractivity contribution in [3.63, 3.8) is 0 Å². The van der Waals surface area contributed by atoms with Gasteiger partial charge in [-0.3, -0.25) is 4.98 Å². The monoisotopic (exact) mass is 281 g/mol. The quantitative estimate of drug-likeness (QED) is 0.862. The van der Waals surface area contributed by atoms with Crippen LogP contribution in [0.5, 0.6) is 0 Å². The van der Waals surface area contributed by atoms with Crippen molar-refractivity contribution in [3.8, 4) is 0 Å². The fourth-order valence-corrected chi connectivity index (χ4v) is 2.74. The molecule has 3 N–H and O–H groups in total. The molecule has 0 spiro atoms. The molecule has 20 heavy (non-hydrogen) atoms. The molecule has 1 aliphatic heterocycles. The van der Waals surface area contributed by atoms with Crippen molar-refractivity contribution in [1.82, 2.24) is 9.88 Å². The predicted molar refractivity (Wildman–Crippen MR) is 76.6 cm³/mol. The van der Waals surface area contributed by atoms with Crippen LogP contribution in [0.2, 0.25) is 0 Å². The molecule has 0 amide bonds. The zero-order valence-electron chi connectivity index (χ0n) is 12.0. The van der Waals surface area contributed by atoms with Crippen LogP contribution in [0, 0.1) is 11.7 Å². The number of hydrogen-bond acceptors (Lipinski definition) is 4. The van der Waals surface area contributed by atoms with E-state index in [1.54, 1.807) is 6.07 Å². The van der Waals surface area contributed by atoms with Gasteiger partial charge in [0.15, 0.2) is 0 Å². The fourth-order valence-electron chi connectivity index (χ4n) is 2.74. The highest BCUT2D eigenvalue weighted by Crippen LogP contribution is 2.21. The molecule has 0 bridgehead atoms. The van der Waals surface area contributed by atoms with E-state index < -0.39 is 0 Å². The van der Waals surface area contributed by atoms with Crippen LogP contribution in [-0.2, 0) is 0 Å². The molecule has 2 unspecified atom stereocenters. The summed E-state index contributed by atoms with van der Waals surface area (Å²) < 4.78 is 12.8. The molecule has 112 valence electrons. The van der Waals surface area contributed by atoms with E-state index in [-0.39, 0.29) is 18.0 Å². The zero-order valence-corrected chi connectivity index (χ0v) is 12.0. The van der Waals surface area contributed by atoms with Crippen LogP contribution in [0.15, 0.2) is 18.3 Å². The fraction of sp³-hybridized carbons (Fsp3) is 0.667. The molecule has 1 aliphatic rings. The average molecular weight is 281 g/mol. The number of nitrogens with zero attached hydrogens (tertiary/aromatic N) is 2. The van der Waals surface area contributed by atoms with Gasteiger partial charge in [-0.25, -0.2) is 4.39 Å². The van der Waals surface area contributed by atoms with Crippen LogP contribution in [0.4, 0.5) is 4.39 Å². The lowest BCUT2D eigenvalue weighted by atomic mass is 9.92. The van der Waals surface area contributed by atoms with E-state index >= 15 is 0 Å². The molecule has 0 saturated carbocycles. The van der Waals surface area contributed by atoms with E-state index in [0.29, 0.717) is 5.92 Å². The number of rotatable bonds is 5. The molecule has 1 aromatic rings. The number of hydrogen-bond donors (Lipinski definition) is 2. The summed E-state index contributed by atoms with van der Waals surface area (Å²) in [7, 11) is 0. The first-order valence-corrected chi connectivity index (χ1v) is 7.33. The molecule has 2 rings (SSSR count). The highest BCUT2D eigenvalue weighted by molar-refractivity contribution is 5.09. The third-order valence-electron chi connectivity index (χ3n) is 4.20. The lowest BCUT2D eigenvalue weighted by Gasteiger charge is -2.33. The van der Waals surface area contributed by atoms with Gasteiger partial charge in [-0.15, -0.1) is 0 Å². The van der Waals surface area contributed by atoms with Crippen molar-refractivity contribution in [1.29, 1.82) is 0 Å². The number of aliphatic hydroxyl groups is 1. The Kier molecular flexibility index (Phi) is 5.46. The Bertz CT molecular complexity index is 402. The summed E-state index contributed by atoms with van der Waals surface area (Å²) in [4.78, 5) is 6.40. The molecule has 1 saturated heterocycles. The largest absolute Gasteiger partial charge is 0.393 e. The van der Waals surface area contributed by atoms with Crippen molar-refractivity contribution >= 4 is 0 Å². The molecular weight excluding hydrogens is 257 g/mol. The van der Waals surface area contributed by atoms with Crippen molar-refractivity contribution in [3.05, 3.63) is 29.8 Å². The van der Waals surface area contributed by atoms with Crippen LogP contribution in [-0.4, -0.2) is 40.7 Å². The van der Waals surface area contributed by atoms with Crippen molar-refractivity contribution in [2.24, 2.45) is 11.7 Å². The number of likely N-dealkylation sites (tertiary alicyclic amines) is 1. The molecule has 0 radical (unpaired) electrons. The second kappa shape index (κ2) is 7.11. The molecule has 0 aromatic carbocycles. The Morgan fingerprint density at radius 2 is 2.15 bits per heavy atom. The van der Waals surface area contributed by atoms with Gasteiger partial charge in [0, 0.05) is 6.04 Å². The van der Waals surface area contributed by atoms with Gasteiger partial charge < -0.3 is 15.7 Å². The molecule has 4 nitrogen and oxygen atoms in total. The predicted octanol–water partition coefficient (Wildman–Crippen LogP) is 1.70. The van der Waals surface area contributed by atoms with Crippen molar-refractivity contribution < 1.29 is 9.50 Å². The van der Waals surface area contributed by atoms with Gasteiger partial charge in [0.1, 0.15) is 5.82 Å². The normalized spacial score (nSPS) is 20.8. The molecule has 1 aromatic heterocycles. The molecule has 1 fully saturated rings. The number of pyridine rings is 1. The third-order valence-corrected chi connectivity index (χ3v) is 4.20. The Morgan fingerprint density at radius 1 is 1.45 bits per heavy atom. The van der Waals surface area contributed by atoms with Gasteiger partial charge in [-0.05, 0) is 63.9 Å². The van der Waals surface area contributed by atoms with Crippen LogP contribution < -0.4 is 5.73 Å². The van der Waals surface area contributed by atoms with Gasteiger partial charge in [0.2, 0.25) is 0 Å². The topological polar surface area (TPSA) is 62.4 Å². The number of aromatic nitrogens is 1. The minimum absolute atomic E-state index is 0.148. The van der Waals surface area contributed by atoms with Gasteiger partial charge in [-0.1, -0.05) is 0 Å². The summed E-state index contributed by atoms with van der Waals surface area (Å²) >= 11 is 0. The van der Waals surface area contributed by atoms with Crippen LogP contribution in [0.25, 0.3) is 0 Å². The van der Waals surface area contributed by atoms with E-state index in [1.807, 2.05) is 6.92 Å². The van der Waals surface area contributed by atoms with Gasteiger partial charge in [0.05, 0.1) is 18.0 Å². The number of nitrogens with two attached hydrogens (primary N) is 1. The second-order valence-electron chi connectivity index (χ2n) is 5.72. The van der Waals surface area contributed by atoms with Gasteiger partial charge in [-0.2, -0.15) is 0 Å². The minimum atomic E-state index is -0.332. The van der Waals surface area contributed by atoms with E-state index in [1.165, 1.54) is 12.3 Å². The Balaban J connectivity index is 1.74. The van der Waals surface area contributed by atoms with Crippen molar-refractivity contribution in [2.45, 2.75) is 38.3 Å². The van der Waals surface area contributed by atoms with Gasteiger partial charge in [0.25, 0.3) is 0 Å². The van der Waals surface area contributed by atoms with E-state index in [0.717, 1.165) is 44.6 Å². The van der Waals surface area contributed by atoms with Crippen molar-refractivity contribution in [2.75, 3.05) is 19.6 Å². The zero-order chi connectivity index (χ0) is 14.5. The van der Waals surface area contributed by atoms with Gasteiger partial charge >= 0.3 is 0 Å². The molecule has 2 heterocycles. The highest BCUT2D eigenvalue weighted by Gasteiger charge is 2.22. The highest BCUT2D eigenvalue weighted by atomic mass is 19.1. The SMILES string of the molecule is CC(O)C1CCN(CCC(N)c2ccc(F)cn2)CC1. The Hall–Kier alpha value is -1.04. The Labute approximate surface area is 119 Å². The summed E-state index contributed by atoms with van der Waals surface area (Å²) in [5.41, 5.74) is 6.83. The van der Waals surface area contributed by atoms with E-state index in [4.69, 9.17) is 5.73 Å². The maximum absolute atomic E-state index is 12.8. The summed E-state index contributed by atoms with van der Waals surface area (Å²) in [6.45, 7) is 4.82. The smallest absolute Gasteiger partial charge is 0.141 e. The summed E-state index contributed by atoms with van der Waals surface area (Å²) in [5.74, 6) is 0.0971. The third kappa shape index (κ3) is 4.23. The summed E-state index contributed by atoms with van der Waals surface area (Å²) in [5, 5.41) is 9.58. The maximum atomic E-state index is 12.8. The molecular formula is C15H24FN3O. The van der Waals surface area contributed by atoms with E-state index in [9.17, 15) is 9.50 Å². The number of halogens is 1. The van der Waals surface area contributed by atoms with Crippen LogP contribution >= 0.6 is 0 Å². The second-order valence-corrected chi connectivity index (χ2v) is 5.72. The first kappa shape index (κ1) is 15.4. The molecule has 2 atom stereocenters. The maximum Gasteiger partial charge on any atom is 0.141 e. The lowest BCUT2D eigenvalue weighted by Crippen LogP contribution is -2.38. The minimum Gasteiger partial charge on any atom is -0.393 e. The molecule has 5 heteroatoms. The van der Waals surface area contributed by atoms with Crippen LogP contribution in [0.1, 0.15) is 37.9 Å². The first-order valence-electron chi connectivity index (χ1n) is 7.33. The number of piperidine rings is 1. The molecule has 0 aliphatic carbocycles. The lowest BCUT2D eigenvalue weighted by molar-refractivity contribution is 0.0709.